The molecule has 0 atom stereocenters. The minimum Gasteiger partial charge on any atom is -0.247 e. The number of aromatic nitrogens is 2. The standard InChI is InChI=1S/C13H14N2/c1-2-6-13-14-9-10-15(13)11-12-7-4-3-5-8-12/h2-5,7-10H,1,6,11H2/p+1. The minimum absolute atomic E-state index is 0.875. The van der Waals surface area contributed by atoms with Gasteiger partial charge in [0.25, 0.3) is 5.82 Å². The Labute approximate surface area is 89.9 Å². The van der Waals surface area contributed by atoms with E-state index in [0.717, 1.165) is 13.0 Å². The summed E-state index contributed by atoms with van der Waals surface area (Å²) >= 11 is 0. The highest BCUT2D eigenvalue weighted by Gasteiger charge is 2.08. The number of benzene rings is 1. The van der Waals surface area contributed by atoms with Crippen LogP contribution >= 0.6 is 0 Å². The summed E-state index contributed by atoms with van der Waals surface area (Å²) in [5.74, 6) is 1.19. The monoisotopic (exact) mass is 199 g/mol. The summed E-state index contributed by atoms with van der Waals surface area (Å²) in [4.78, 5) is 3.22. The van der Waals surface area contributed by atoms with E-state index < -0.39 is 0 Å². The maximum atomic E-state index is 3.75. The van der Waals surface area contributed by atoms with Gasteiger partial charge in [-0.05, 0) is 5.56 Å². The van der Waals surface area contributed by atoms with Gasteiger partial charge in [-0.1, -0.05) is 36.4 Å². The zero-order valence-corrected chi connectivity index (χ0v) is 8.69. The summed E-state index contributed by atoms with van der Waals surface area (Å²) in [7, 11) is 0. The van der Waals surface area contributed by atoms with Gasteiger partial charge >= 0.3 is 0 Å². The molecule has 0 radical (unpaired) electrons. The first-order chi connectivity index (χ1) is 7.40. The van der Waals surface area contributed by atoms with E-state index in [1.54, 1.807) is 0 Å². The molecule has 0 aliphatic heterocycles. The second kappa shape index (κ2) is 4.60. The Morgan fingerprint density at radius 2 is 2.07 bits per heavy atom. The topological polar surface area (TPSA) is 19.7 Å². The van der Waals surface area contributed by atoms with Crippen LogP contribution in [-0.4, -0.2) is 4.98 Å². The molecule has 2 rings (SSSR count). The molecule has 2 heteroatoms. The zero-order chi connectivity index (χ0) is 10.5. The molecule has 2 aromatic rings. The van der Waals surface area contributed by atoms with Crippen LogP contribution in [0.1, 0.15) is 11.4 Å². The third-order valence-corrected chi connectivity index (χ3v) is 2.38. The highest BCUT2D eigenvalue weighted by Crippen LogP contribution is 1.99. The molecule has 76 valence electrons. The van der Waals surface area contributed by atoms with Gasteiger partial charge < -0.3 is 0 Å². The van der Waals surface area contributed by atoms with E-state index in [4.69, 9.17) is 0 Å². The predicted molar refractivity (Wildman–Crippen MR) is 60.4 cm³/mol. The number of rotatable bonds is 4. The maximum absolute atomic E-state index is 3.75. The second-order valence-electron chi connectivity index (χ2n) is 3.51. The first-order valence-electron chi connectivity index (χ1n) is 5.10. The molecule has 2 nitrogen and oxygen atoms in total. The fraction of sp³-hybridized carbons (Fsp3) is 0.154. The normalized spacial score (nSPS) is 10.1. The van der Waals surface area contributed by atoms with Crippen molar-refractivity contribution in [1.29, 1.82) is 0 Å². The van der Waals surface area contributed by atoms with Crippen LogP contribution in [0.4, 0.5) is 0 Å². The van der Waals surface area contributed by atoms with Gasteiger partial charge in [0.1, 0.15) is 18.9 Å². The van der Waals surface area contributed by atoms with Crippen LogP contribution in [0, 0.1) is 0 Å². The minimum atomic E-state index is 0.875. The number of nitrogens with zero attached hydrogens (tertiary/aromatic N) is 1. The molecule has 1 aromatic carbocycles. The van der Waals surface area contributed by atoms with Crippen LogP contribution in [0.2, 0.25) is 0 Å². The molecule has 15 heavy (non-hydrogen) atoms. The van der Waals surface area contributed by atoms with Crippen molar-refractivity contribution in [1.82, 2.24) is 4.98 Å². The Morgan fingerprint density at radius 1 is 1.27 bits per heavy atom. The van der Waals surface area contributed by atoms with Crippen LogP contribution in [0.3, 0.4) is 0 Å². The molecule has 0 fully saturated rings. The number of hydrogen-bond donors (Lipinski definition) is 1. The molecule has 1 N–H and O–H groups in total. The average molecular weight is 199 g/mol. The fourth-order valence-electron chi connectivity index (χ4n) is 1.64. The van der Waals surface area contributed by atoms with Crippen molar-refractivity contribution in [2.24, 2.45) is 0 Å². The predicted octanol–water partition coefficient (Wildman–Crippen LogP) is 2.08. The Hall–Kier alpha value is -1.83. The number of allylic oxidation sites excluding steroid dienone is 1. The SMILES string of the molecule is C=CCc1[nH]cc[n+]1Cc1ccccc1. The van der Waals surface area contributed by atoms with Gasteiger partial charge in [0, 0.05) is 0 Å². The van der Waals surface area contributed by atoms with Crippen LogP contribution in [0.5, 0.6) is 0 Å². The molecule has 0 aliphatic rings. The maximum Gasteiger partial charge on any atom is 0.258 e. The van der Waals surface area contributed by atoms with E-state index in [1.165, 1.54) is 11.4 Å². The van der Waals surface area contributed by atoms with Crippen molar-refractivity contribution in [2.45, 2.75) is 13.0 Å². The highest BCUT2D eigenvalue weighted by molar-refractivity contribution is 5.13. The quantitative estimate of drug-likeness (QED) is 0.574. The third-order valence-electron chi connectivity index (χ3n) is 2.38. The van der Waals surface area contributed by atoms with Crippen LogP contribution < -0.4 is 4.57 Å². The Morgan fingerprint density at radius 3 is 2.80 bits per heavy atom. The smallest absolute Gasteiger partial charge is 0.247 e. The molecule has 0 amide bonds. The summed E-state index contributed by atoms with van der Waals surface area (Å²) in [5, 5.41) is 0. The summed E-state index contributed by atoms with van der Waals surface area (Å²) < 4.78 is 2.21. The third kappa shape index (κ3) is 2.34. The van der Waals surface area contributed by atoms with Crippen molar-refractivity contribution in [3.05, 3.63) is 66.8 Å². The van der Waals surface area contributed by atoms with Gasteiger partial charge in [-0.25, -0.2) is 9.55 Å². The lowest BCUT2D eigenvalue weighted by molar-refractivity contribution is -0.694. The molecule has 0 spiro atoms. The summed E-state index contributed by atoms with van der Waals surface area (Å²) in [5.41, 5.74) is 1.31. The number of nitrogens with one attached hydrogen (secondary N) is 1. The van der Waals surface area contributed by atoms with Gasteiger partial charge in [-0.3, -0.25) is 0 Å². The summed E-state index contributed by atoms with van der Waals surface area (Å²) in [6.07, 6.45) is 6.81. The van der Waals surface area contributed by atoms with Gasteiger partial charge in [0.15, 0.2) is 0 Å². The van der Waals surface area contributed by atoms with Gasteiger partial charge in [-0.15, -0.1) is 6.58 Å². The van der Waals surface area contributed by atoms with Crippen LogP contribution in [-0.2, 0) is 13.0 Å². The molecule has 0 unspecified atom stereocenters. The lowest BCUT2D eigenvalue weighted by atomic mass is 10.2. The summed E-state index contributed by atoms with van der Waals surface area (Å²) in [6.45, 7) is 4.66. The lowest BCUT2D eigenvalue weighted by Gasteiger charge is -1.99. The zero-order valence-electron chi connectivity index (χ0n) is 8.69. The number of H-pyrrole nitrogens is 1. The molecule has 1 aromatic heterocycles. The first kappa shape index (κ1) is 9.71. The fourth-order valence-corrected chi connectivity index (χ4v) is 1.64. The van der Waals surface area contributed by atoms with Crippen molar-refractivity contribution >= 4 is 0 Å². The lowest BCUT2D eigenvalue weighted by Crippen LogP contribution is -2.36. The first-order valence-corrected chi connectivity index (χ1v) is 5.10. The highest BCUT2D eigenvalue weighted by atomic mass is 15.1. The Bertz CT molecular complexity index is 429. The second-order valence-corrected chi connectivity index (χ2v) is 3.51. The Balaban J connectivity index is 2.17. The van der Waals surface area contributed by atoms with Crippen molar-refractivity contribution in [2.75, 3.05) is 0 Å². The number of aromatic amines is 1. The molecular weight excluding hydrogens is 184 g/mol. The van der Waals surface area contributed by atoms with Crippen LogP contribution in [0.25, 0.3) is 0 Å². The van der Waals surface area contributed by atoms with E-state index >= 15 is 0 Å². The molecule has 0 saturated carbocycles. The number of hydrogen-bond acceptors (Lipinski definition) is 0. The van der Waals surface area contributed by atoms with E-state index in [0.29, 0.717) is 0 Å². The molecule has 1 heterocycles. The van der Waals surface area contributed by atoms with E-state index in [2.05, 4.69) is 46.6 Å². The van der Waals surface area contributed by atoms with E-state index in [-0.39, 0.29) is 0 Å². The molecule has 0 aliphatic carbocycles. The number of imidazole rings is 1. The Kier molecular flexibility index (Phi) is 2.98. The van der Waals surface area contributed by atoms with E-state index in [9.17, 15) is 0 Å². The van der Waals surface area contributed by atoms with Crippen molar-refractivity contribution in [3.63, 3.8) is 0 Å². The van der Waals surface area contributed by atoms with E-state index in [1.807, 2.05) is 18.3 Å². The van der Waals surface area contributed by atoms with Crippen LogP contribution in [0.15, 0.2) is 55.4 Å². The van der Waals surface area contributed by atoms with Crippen molar-refractivity contribution in [3.8, 4) is 0 Å². The van der Waals surface area contributed by atoms with Gasteiger partial charge in [0.2, 0.25) is 0 Å². The van der Waals surface area contributed by atoms with Gasteiger partial charge in [-0.2, -0.15) is 0 Å². The molecule has 0 bridgehead atoms. The average Bonchev–Trinajstić information content (AvgIpc) is 2.68. The van der Waals surface area contributed by atoms with Gasteiger partial charge in [0.05, 0.1) is 6.42 Å². The van der Waals surface area contributed by atoms with Crippen molar-refractivity contribution < 1.29 is 4.57 Å². The molecule has 0 saturated heterocycles. The summed E-state index contributed by atoms with van der Waals surface area (Å²) in [6, 6.07) is 10.4. The largest absolute Gasteiger partial charge is 0.258 e. The molecular formula is C13H15N2+.